The van der Waals surface area contributed by atoms with Crippen LogP contribution in [-0.2, 0) is 4.74 Å². The van der Waals surface area contributed by atoms with Crippen molar-refractivity contribution < 1.29 is 19.1 Å². The first-order chi connectivity index (χ1) is 10.3. The van der Waals surface area contributed by atoms with E-state index in [-0.39, 0.29) is 0 Å². The van der Waals surface area contributed by atoms with Gasteiger partial charge in [0, 0.05) is 17.0 Å². The van der Waals surface area contributed by atoms with E-state index in [4.69, 9.17) is 9.47 Å². The zero-order valence-electron chi connectivity index (χ0n) is 12.9. The minimum Gasteiger partial charge on any atom is -0.497 e. The van der Waals surface area contributed by atoms with Crippen molar-refractivity contribution in [3.8, 4) is 5.75 Å². The van der Waals surface area contributed by atoms with Crippen LogP contribution in [0.3, 0.4) is 0 Å². The van der Waals surface area contributed by atoms with Crippen LogP contribution in [0.25, 0.3) is 10.9 Å². The molecule has 7 heteroatoms. The fourth-order valence-electron chi connectivity index (χ4n) is 1.83. The van der Waals surface area contributed by atoms with Crippen molar-refractivity contribution in [2.24, 2.45) is 0 Å². The highest BCUT2D eigenvalue weighted by Gasteiger charge is 2.17. The molecule has 0 unspecified atom stereocenters. The van der Waals surface area contributed by atoms with Gasteiger partial charge in [0.15, 0.2) is 0 Å². The second-order valence-electron chi connectivity index (χ2n) is 5.72. The summed E-state index contributed by atoms with van der Waals surface area (Å²) >= 11 is 0. The van der Waals surface area contributed by atoms with E-state index in [0.717, 1.165) is 10.9 Å². The summed E-state index contributed by atoms with van der Waals surface area (Å²) in [6.45, 7) is 5.21. The van der Waals surface area contributed by atoms with Gasteiger partial charge in [-0.2, -0.15) is 0 Å². The molecule has 0 atom stereocenters. The van der Waals surface area contributed by atoms with Crippen molar-refractivity contribution in [3.63, 3.8) is 0 Å². The molecular formula is C15H19N3O4. The van der Waals surface area contributed by atoms with E-state index in [1.807, 2.05) is 6.07 Å². The molecule has 0 aliphatic rings. The van der Waals surface area contributed by atoms with Crippen LogP contribution in [0.2, 0.25) is 0 Å². The fourth-order valence-corrected chi connectivity index (χ4v) is 1.83. The number of hydrazine groups is 1. The maximum Gasteiger partial charge on any atom is 0.426 e. The van der Waals surface area contributed by atoms with E-state index in [0.29, 0.717) is 11.4 Å². The third-order valence-corrected chi connectivity index (χ3v) is 2.75. The Balaban J connectivity index is 2.02. The average Bonchev–Trinajstić information content (AvgIpc) is 2.85. The lowest BCUT2D eigenvalue weighted by Gasteiger charge is -2.19. The molecule has 3 N–H and O–H groups in total. The number of fused-ring (bicyclic) bond motifs is 1. The molecule has 0 bridgehead atoms. The minimum atomic E-state index is -0.723. The van der Waals surface area contributed by atoms with Crippen molar-refractivity contribution in [2.45, 2.75) is 26.4 Å². The number of carbonyl (C=O) groups is 2. The van der Waals surface area contributed by atoms with Crippen molar-refractivity contribution in [2.75, 3.05) is 7.11 Å². The lowest BCUT2D eigenvalue weighted by atomic mass is 10.2. The SMILES string of the molecule is COc1ccc2cc(C(=O)NNC(=O)OC(C)(C)C)[nH]c2c1. The molecule has 0 aliphatic heterocycles. The first-order valence-electron chi connectivity index (χ1n) is 6.74. The van der Waals surface area contributed by atoms with Crippen LogP contribution >= 0.6 is 0 Å². The van der Waals surface area contributed by atoms with E-state index in [9.17, 15) is 9.59 Å². The molecular weight excluding hydrogens is 286 g/mol. The first-order valence-corrected chi connectivity index (χ1v) is 6.74. The van der Waals surface area contributed by atoms with E-state index in [1.54, 1.807) is 46.1 Å². The molecule has 2 rings (SSSR count). The number of hydrogen-bond donors (Lipinski definition) is 3. The van der Waals surface area contributed by atoms with E-state index in [1.165, 1.54) is 0 Å². The summed E-state index contributed by atoms with van der Waals surface area (Å²) in [5, 5.41) is 0.864. The minimum absolute atomic E-state index is 0.319. The maximum absolute atomic E-state index is 12.0. The Labute approximate surface area is 127 Å². The summed E-state index contributed by atoms with van der Waals surface area (Å²) in [7, 11) is 1.57. The number of rotatable bonds is 2. The fraction of sp³-hybridized carbons (Fsp3) is 0.333. The standard InChI is InChI=1S/C15H19N3O4/c1-15(2,3)22-14(20)18-17-13(19)12-7-9-5-6-10(21-4)8-11(9)16-12/h5-8,16H,1-4H3,(H,17,19)(H,18,20). The zero-order valence-corrected chi connectivity index (χ0v) is 12.9. The molecule has 1 heterocycles. The quantitative estimate of drug-likeness (QED) is 0.743. The van der Waals surface area contributed by atoms with Gasteiger partial charge in [-0.1, -0.05) is 0 Å². The van der Waals surface area contributed by atoms with Gasteiger partial charge in [-0.15, -0.1) is 0 Å². The molecule has 22 heavy (non-hydrogen) atoms. The number of carbonyl (C=O) groups excluding carboxylic acids is 2. The Morgan fingerprint density at radius 2 is 1.86 bits per heavy atom. The Kier molecular flexibility index (Phi) is 4.25. The van der Waals surface area contributed by atoms with Gasteiger partial charge in [-0.3, -0.25) is 10.2 Å². The normalized spacial score (nSPS) is 11.1. The van der Waals surface area contributed by atoms with Crippen molar-refractivity contribution in [1.82, 2.24) is 15.8 Å². The summed E-state index contributed by atoms with van der Waals surface area (Å²) < 4.78 is 10.1. The summed E-state index contributed by atoms with van der Waals surface area (Å²) in [6.07, 6.45) is -0.723. The van der Waals surface area contributed by atoms with Crippen LogP contribution in [-0.4, -0.2) is 29.7 Å². The van der Waals surface area contributed by atoms with Crippen LogP contribution in [0.15, 0.2) is 24.3 Å². The Hall–Kier alpha value is -2.70. The number of benzene rings is 1. The molecule has 1 aromatic heterocycles. The molecule has 7 nitrogen and oxygen atoms in total. The van der Waals surface area contributed by atoms with Crippen molar-refractivity contribution >= 4 is 22.9 Å². The van der Waals surface area contributed by atoms with E-state index < -0.39 is 17.6 Å². The number of nitrogens with one attached hydrogen (secondary N) is 3. The van der Waals surface area contributed by atoms with Gasteiger partial charge in [-0.05, 0) is 39.0 Å². The maximum atomic E-state index is 12.0. The Morgan fingerprint density at radius 1 is 1.14 bits per heavy atom. The number of ether oxygens (including phenoxy) is 2. The van der Waals surface area contributed by atoms with Crippen molar-refractivity contribution in [1.29, 1.82) is 0 Å². The smallest absolute Gasteiger partial charge is 0.426 e. The molecule has 0 saturated carbocycles. The van der Waals surface area contributed by atoms with Gasteiger partial charge in [0.2, 0.25) is 0 Å². The third kappa shape index (κ3) is 3.91. The Morgan fingerprint density at radius 3 is 2.50 bits per heavy atom. The summed E-state index contributed by atoms with van der Waals surface area (Å²) in [4.78, 5) is 26.4. The Bertz CT molecular complexity index is 700. The van der Waals surface area contributed by atoms with E-state index >= 15 is 0 Å². The van der Waals surface area contributed by atoms with Crippen LogP contribution < -0.4 is 15.6 Å². The van der Waals surface area contributed by atoms with Gasteiger partial charge in [0.25, 0.3) is 5.91 Å². The predicted octanol–water partition coefficient (Wildman–Crippen LogP) is 2.35. The number of aromatic amines is 1. The molecule has 2 amide bonds. The molecule has 0 aliphatic carbocycles. The lowest BCUT2D eigenvalue weighted by Crippen LogP contribution is -2.44. The molecule has 0 saturated heterocycles. The molecule has 0 fully saturated rings. The highest BCUT2D eigenvalue weighted by atomic mass is 16.6. The molecule has 2 aromatic rings. The third-order valence-electron chi connectivity index (χ3n) is 2.75. The van der Waals surface area contributed by atoms with Crippen LogP contribution in [0.1, 0.15) is 31.3 Å². The number of methoxy groups -OCH3 is 1. The largest absolute Gasteiger partial charge is 0.497 e. The van der Waals surface area contributed by atoms with Gasteiger partial charge in [0.05, 0.1) is 7.11 Å². The summed E-state index contributed by atoms with van der Waals surface area (Å²) in [5.41, 5.74) is 4.94. The molecule has 0 spiro atoms. The van der Waals surface area contributed by atoms with Gasteiger partial charge in [-0.25, -0.2) is 10.2 Å². The number of amides is 2. The number of aromatic nitrogens is 1. The molecule has 1 aromatic carbocycles. The number of H-pyrrole nitrogens is 1. The van der Waals surface area contributed by atoms with Crippen LogP contribution in [0, 0.1) is 0 Å². The predicted molar refractivity (Wildman–Crippen MR) is 81.7 cm³/mol. The molecule has 118 valence electrons. The van der Waals surface area contributed by atoms with E-state index in [2.05, 4.69) is 15.8 Å². The van der Waals surface area contributed by atoms with Gasteiger partial charge in [0.1, 0.15) is 17.0 Å². The topological polar surface area (TPSA) is 92.5 Å². The van der Waals surface area contributed by atoms with Crippen LogP contribution in [0.4, 0.5) is 4.79 Å². The number of hydrogen-bond acceptors (Lipinski definition) is 4. The monoisotopic (exact) mass is 305 g/mol. The van der Waals surface area contributed by atoms with Crippen LogP contribution in [0.5, 0.6) is 5.75 Å². The molecule has 0 radical (unpaired) electrons. The highest BCUT2D eigenvalue weighted by Crippen LogP contribution is 2.21. The average molecular weight is 305 g/mol. The van der Waals surface area contributed by atoms with Gasteiger partial charge < -0.3 is 14.5 Å². The summed E-state index contributed by atoms with van der Waals surface area (Å²) in [5.74, 6) is 0.217. The second-order valence-corrected chi connectivity index (χ2v) is 5.72. The van der Waals surface area contributed by atoms with Gasteiger partial charge >= 0.3 is 6.09 Å². The second kappa shape index (κ2) is 5.97. The zero-order chi connectivity index (χ0) is 16.3. The first kappa shape index (κ1) is 15.7. The summed E-state index contributed by atoms with van der Waals surface area (Å²) in [6, 6.07) is 7.10. The highest BCUT2D eigenvalue weighted by molar-refractivity contribution is 5.98. The van der Waals surface area contributed by atoms with Crippen molar-refractivity contribution in [3.05, 3.63) is 30.0 Å². The lowest BCUT2D eigenvalue weighted by molar-refractivity contribution is 0.0483.